The number of nitrogens with two attached hydrogens (primary N) is 1. The summed E-state index contributed by atoms with van der Waals surface area (Å²) in [5.74, 6) is 1.24. The van der Waals surface area contributed by atoms with Gasteiger partial charge in [0.2, 0.25) is 0 Å². The van der Waals surface area contributed by atoms with Crippen LogP contribution in [0.3, 0.4) is 0 Å². The van der Waals surface area contributed by atoms with Crippen molar-refractivity contribution in [3.05, 3.63) is 65.9 Å². The lowest BCUT2D eigenvalue weighted by Gasteiger charge is -2.11. The van der Waals surface area contributed by atoms with Crippen molar-refractivity contribution < 1.29 is 9.13 Å². The average Bonchev–Trinajstić information content (AvgIpc) is 2.82. The summed E-state index contributed by atoms with van der Waals surface area (Å²) >= 11 is 0. The van der Waals surface area contributed by atoms with Crippen LogP contribution < -0.4 is 10.5 Å². The lowest BCUT2D eigenvalue weighted by Crippen LogP contribution is -2.01. The van der Waals surface area contributed by atoms with Crippen molar-refractivity contribution in [2.45, 2.75) is 13.8 Å². The van der Waals surface area contributed by atoms with Crippen LogP contribution in [0, 0.1) is 19.7 Å². The predicted molar refractivity (Wildman–Crippen MR) is 83.9 cm³/mol. The molecule has 0 radical (unpaired) electrons. The number of nitrogens with zero attached hydrogens (tertiary/aromatic N) is 2. The molecule has 0 saturated carbocycles. The molecule has 112 valence electrons. The molecular weight excluding hydrogens is 281 g/mol. The zero-order valence-corrected chi connectivity index (χ0v) is 12.4. The molecule has 3 aromatic rings. The summed E-state index contributed by atoms with van der Waals surface area (Å²) < 4.78 is 21.2. The molecule has 0 atom stereocenters. The number of halogens is 1. The number of nitrogen functional groups attached to an aromatic ring is 1. The maximum absolute atomic E-state index is 13.5. The van der Waals surface area contributed by atoms with Gasteiger partial charge >= 0.3 is 0 Å². The van der Waals surface area contributed by atoms with Crippen LogP contribution in [0.5, 0.6) is 11.5 Å². The molecule has 0 saturated heterocycles. The molecule has 0 spiro atoms. The summed E-state index contributed by atoms with van der Waals surface area (Å²) in [4.78, 5) is 4.37. The molecule has 2 N–H and O–H groups in total. The SMILES string of the molecule is Cc1ccc(C)n1-c1cc(Oc2ccc(N)c(F)c2)ccn1. The molecule has 0 bridgehead atoms. The number of aromatic nitrogens is 2. The molecule has 22 heavy (non-hydrogen) atoms. The Morgan fingerprint density at radius 3 is 2.36 bits per heavy atom. The van der Waals surface area contributed by atoms with E-state index in [1.54, 1.807) is 18.3 Å². The van der Waals surface area contributed by atoms with Gasteiger partial charge in [-0.15, -0.1) is 0 Å². The van der Waals surface area contributed by atoms with E-state index in [9.17, 15) is 4.39 Å². The van der Waals surface area contributed by atoms with E-state index >= 15 is 0 Å². The van der Waals surface area contributed by atoms with Crippen molar-refractivity contribution in [2.75, 3.05) is 5.73 Å². The summed E-state index contributed by atoms with van der Waals surface area (Å²) in [5.41, 5.74) is 7.73. The molecule has 3 rings (SSSR count). The van der Waals surface area contributed by atoms with Crippen LogP contribution in [0.4, 0.5) is 10.1 Å². The van der Waals surface area contributed by atoms with Gasteiger partial charge in [0.1, 0.15) is 23.1 Å². The number of ether oxygens (including phenoxy) is 1. The molecule has 0 unspecified atom stereocenters. The minimum absolute atomic E-state index is 0.0985. The van der Waals surface area contributed by atoms with Gasteiger partial charge in [-0.3, -0.25) is 0 Å². The minimum Gasteiger partial charge on any atom is -0.457 e. The molecule has 4 nitrogen and oxygen atoms in total. The molecule has 0 aliphatic heterocycles. The fourth-order valence-electron chi connectivity index (χ4n) is 2.32. The van der Waals surface area contributed by atoms with E-state index in [0.717, 1.165) is 17.2 Å². The monoisotopic (exact) mass is 297 g/mol. The first kappa shape index (κ1) is 14.1. The fourth-order valence-corrected chi connectivity index (χ4v) is 2.32. The molecule has 0 amide bonds. The van der Waals surface area contributed by atoms with Crippen molar-refractivity contribution in [3.63, 3.8) is 0 Å². The third-order valence-corrected chi connectivity index (χ3v) is 3.42. The second kappa shape index (κ2) is 5.52. The van der Waals surface area contributed by atoms with Crippen molar-refractivity contribution in [1.29, 1.82) is 0 Å². The number of hydrogen-bond acceptors (Lipinski definition) is 3. The van der Waals surface area contributed by atoms with Gasteiger partial charge in [-0.2, -0.15) is 0 Å². The minimum atomic E-state index is -0.496. The van der Waals surface area contributed by atoms with Crippen LogP contribution in [0.15, 0.2) is 48.7 Å². The van der Waals surface area contributed by atoms with Crippen LogP contribution in [-0.4, -0.2) is 9.55 Å². The Bertz CT molecular complexity index is 807. The van der Waals surface area contributed by atoms with Gasteiger partial charge < -0.3 is 15.0 Å². The van der Waals surface area contributed by atoms with Crippen molar-refractivity contribution in [1.82, 2.24) is 9.55 Å². The van der Waals surface area contributed by atoms with Gasteiger partial charge in [0.25, 0.3) is 0 Å². The summed E-state index contributed by atoms with van der Waals surface area (Å²) in [5, 5.41) is 0. The van der Waals surface area contributed by atoms with Gasteiger partial charge in [0, 0.05) is 29.7 Å². The highest BCUT2D eigenvalue weighted by atomic mass is 19.1. The lowest BCUT2D eigenvalue weighted by molar-refractivity contribution is 0.476. The maximum atomic E-state index is 13.5. The van der Waals surface area contributed by atoms with Crippen molar-refractivity contribution in [3.8, 4) is 17.3 Å². The van der Waals surface area contributed by atoms with Crippen molar-refractivity contribution in [2.24, 2.45) is 0 Å². The average molecular weight is 297 g/mol. The van der Waals surface area contributed by atoms with E-state index in [4.69, 9.17) is 10.5 Å². The quantitative estimate of drug-likeness (QED) is 0.743. The van der Waals surface area contributed by atoms with E-state index in [2.05, 4.69) is 4.98 Å². The van der Waals surface area contributed by atoms with Crippen LogP contribution in [0.2, 0.25) is 0 Å². The first-order chi connectivity index (χ1) is 10.5. The topological polar surface area (TPSA) is 53.1 Å². The van der Waals surface area contributed by atoms with Crippen LogP contribution >= 0.6 is 0 Å². The van der Waals surface area contributed by atoms with Crippen LogP contribution in [-0.2, 0) is 0 Å². The summed E-state index contributed by atoms with van der Waals surface area (Å²) in [6, 6.07) is 12.0. The molecule has 2 aromatic heterocycles. The standard InChI is InChI=1S/C17H16FN3O/c1-11-3-4-12(2)21(11)17-10-14(7-8-20-17)22-13-5-6-16(19)15(18)9-13/h3-10H,19H2,1-2H3. The Morgan fingerprint density at radius 1 is 1.00 bits per heavy atom. The first-order valence-electron chi connectivity index (χ1n) is 6.89. The normalized spacial score (nSPS) is 10.7. The Balaban J connectivity index is 1.93. The molecule has 2 heterocycles. The predicted octanol–water partition coefficient (Wildman–Crippen LogP) is 4.00. The second-order valence-corrected chi connectivity index (χ2v) is 5.09. The van der Waals surface area contributed by atoms with Gasteiger partial charge in [0.05, 0.1) is 5.69 Å². The van der Waals surface area contributed by atoms with Gasteiger partial charge in [-0.05, 0) is 44.2 Å². The Hall–Kier alpha value is -2.82. The van der Waals surface area contributed by atoms with Gasteiger partial charge in [0.15, 0.2) is 0 Å². The molecular formula is C17H16FN3O. The lowest BCUT2D eigenvalue weighted by atomic mass is 10.3. The molecule has 0 aliphatic rings. The number of benzene rings is 1. The second-order valence-electron chi connectivity index (χ2n) is 5.09. The highest BCUT2D eigenvalue weighted by Crippen LogP contribution is 2.26. The third kappa shape index (κ3) is 2.65. The fraction of sp³-hybridized carbons (Fsp3) is 0.118. The van der Waals surface area contributed by atoms with E-state index in [1.807, 2.05) is 36.6 Å². The Kier molecular flexibility index (Phi) is 3.55. The van der Waals surface area contributed by atoms with Gasteiger partial charge in [-0.25, -0.2) is 9.37 Å². The van der Waals surface area contributed by atoms with Crippen molar-refractivity contribution >= 4 is 5.69 Å². The molecule has 5 heteroatoms. The van der Waals surface area contributed by atoms with E-state index in [1.165, 1.54) is 12.1 Å². The molecule has 0 aliphatic carbocycles. The number of pyridine rings is 1. The number of rotatable bonds is 3. The molecule has 0 fully saturated rings. The maximum Gasteiger partial charge on any atom is 0.149 e. The van der Waals surface area contributed by atoms with Crippen LogP contribution in [0.25, 0.3) is 5.82 Å². The highest BCUT2D eigenvalue weighted by molar-refractivity contribution is 5.45. The number of hydrogen-bond donors (Lipinski definition) is 1. The third-order valence-electron chi connectivity index (χ3n) is 3.42. The summed E-state index contributed by atoms with van der Waals surface area (Å²) in [6.07, 6.45) is 1.66. The van der Waals surface area contributed by atoms with E-state index < -0.39 is 5.82 Å². The van der Waals surface area contributed by atoms with E-state index in [-0.39, 0.29) is 5.69 Å². The zero-order chi connectivity index (χ0) is 15.7. The Morgan fingerprint density at radius 2 is 1.68 bits per heavy atom. The highest BCUT2D eigenvalue weighted by Gasteiger charge is 2.08. The molecule has 1 aromatic carbocycles. The number of aryl methyl sites for hydroxylation is 2. The largest absolute Gasteiger partial charge is 0.457 e. The summed E-state index contributed by atoms with van der Waals surface area (Å²) in [7, 11) is 0. The summed E-state index contributed by atoms with van der Waals surface area (Å²) in [6.45, 7) is 4.02. The Labute approximate surface area is 128 Å². The van der Waals surface area contributed by atoms with E-state index in [0.29, 0.717) is 11.5 Å². The zero-order valence-electron chi connectivity index (χ0n) is 12.4. The van der Waals surface area contributed by atoms with Crippen LogP contribution in [0.1, 0.15) is 11.4 Å². The first-order valence-corrected chi connectivity index (χ1v) is 6.89. The smallest absolute Gasteiger partial charge is 0.149 e. The van der Waals surface area contributed by atoms with Gasteiger partial charge in [-0.1, -0.05) is 0 Å². The number of anilines is 1.